The van der Waals surface area contributed by atoms with Crippen LogP contribution in [0.2, 0.25) is 5.28 Å². The second-order valence-electron chi connectivity index (χ2n) is 4.02. The van der Waals surface area contributed by atoms with Gasteiger partial charge in [-0.25, -0.2) is 4.98 Å². The summed E-state index contributed by atoms with van der Waals surface area (Å²) in [5.74, 6) is -0.0944. The fourth-order valence-corrected chi connectivity index (χ4v) is 1.79. The molecule has 0 fully saturated rings. The molecule has 0 spiro atoms. The highest BCUT2D eigenvalue weighted by atomic mass is 35.5. The van der Waals surface area contributed by atoms with E-state index in [9.17, 15) is 10.1 Å². The lowest BCUT2D eigenvalue weighted by molar-refractivity contribution is -0.386. The number of rotatable bonds is 6. The average molecular weight is 294 g/mol. The fraction of sp³-hybridized carbons (Fsp3) is 0.231. The molecule has 1 aromatic heterocycles. The Kier molecular flexibility index (Phi) is 4.84. The van der Waals surface area contributed by atoms with Crippen molar-refractivity contribution in [2.24, 2.45) is 0 Å². The molecule has 7 heteroatoms. The molecule has 0 atom stereocenters. The summed E-state index contributed by atoms with van der Waals surface area (Å²) in [5.41, 5.74) is 0.903. The molecule has 0 aliphatic heterocycles. The van der Waals surface area contributed by atoms with Crippen molar-refractivity contribution in [1.29, 1.82) is 0 Å². The molecule has 0 bridgehead atoms. The van der Waals surface area contributed by atoms with Gasteiger partial charge in [-0.2, -0.15) is 4.98 Å². The van der Waals surface area contributed by atoms with Gasteiger partial charge in [0, 0.05) is 0 Å². The first-order valence-corrected chi connectivity index (χ1v) is 6.38. The summed E-state index contributed by atoms with van der Waals surface area (Å²) in [6, 6.07) is 9.91. The molecule has 0 N–H and O–H groups in total. The molecule has 20 heavy (non-hydrogen) atoms. The quantitative estimate of drug-likeness (QED) is 0.354. The fourth-order valence-electron chi connectivity index (χ4n) is 1.66. The van der Waals surface area contributed by atoms with Gasteiger partial charge in [-0.15, -0.1) is 0 Å². The van der Waals surface area contributed by atoms with Gasteiger partial charge in [0.15, 0.2) is 0 Å². The first-order valence-electron chi connectivity index (χ1n) is 6.00. The van der Waals surface area contributed by atoms with E-state index in [-0.39, 0.29) is 16.9 Å². The Morgan fingerprint density at radius 2 is 2.05 bits per heavy atom. The lowest BCUT2D eigenvalue weighted by atomic mass is 10.1. The van der Waals surface area contributed by atoms with E-state index in [1.54, 1.807) is 0 Å². The van der Waals surface area contributed by atoms with Crippen LogP contribution in [0.1, 0.15) is 12.0 Å². The van der Waals surface area contributed by atoms with Crippen LogP contribution in [0.25, 0.3) is 0 Å². The highest BCUT2D eigenvalue weighted by Gasteiger charge is 2.18. The molecule has 0 unspecified atom stereocenters. The maximum Gasteiger partial charge on any atom is 0.349 e. The molecule has 0 radical (unpaired) electrons. The lowest BCUT2D eigenvalue weighted by Gasteiger charge is -2.05. The zero-order valence-electron chi connectivity index (χ0n) is 10.5. The second kappa shape index (κ2) is 6.81. The molecule has 1 heterocycles. The topological polar surface area (TPSA) is 78.2 Å². The average Bonchev–Trinajstić information content (AvgIpc) is 2.44. The van der Waals surface area contributed by atoms with Gasteiger partial charge in [-0.1, -0.05) is 30.3 Å². The smallest absolute Gasteiger partial charge is 0.349 e. The summed E-state index contributed by atoms with van der Waals surface area (Å²) < 4.78 is 5.32. The zero-order valence-corrected chi connectivity index (χ0v) is 11.3. The van der Waals surface area contributed by atoms with E-state index in [0.717, 1.165) is 19.0 Å². The van der Waals surface area contributed by atoms with Crippen molar-refractivity contribution in [3.63, 3.8) is 0 Å². The molecule has 0 amide bonds. The number of aryl methyl sites for hydroxylation is 1. The maximum atomic E-state index is 10.8. The van der Waals surface area contributed by atoms with Crippen LogP contribution in [0, 0.1) is 10.1 Å². The summed E-state index contributed by atoms with van der Waals surface area (Å²) in [5, 5.41) is 10.7. The number of nitrogens with zero attached hydrogens (tertiary/aromatic N) is 3. The van der Waals surface area contributed by atoms with Gasteiger partial charge in [-0.05, 0) is 30.0 Å². The Morgan fingerprint density at radius 1 is 1.30 bits per heavy atom. The van der Waals surface area contributed by atoms with Crippen molar-refractivity contribution in [2.75, 3.05) is 6.61 Å². The molecule has 1 aromatic carbocycles. The minimum Gasteiger partial charge on any atom is -0.473 e. The molecule has 2 aromatic rings. The normalized spacial score (nSPS) is 10.2. The van der Waals surface area contributed by atoms with Crippen LogP contribution in [0.15, 0.2) is 36.5 Å². The minimum atomic E-state index is -0.594. The van der Waals surface area contributed by atoms with E-state index < -0.39 is 4.92 Å². The van der Waals surface area contributed by atoms with Crippen LogP contribution >= 0.6 is 11.6 Å². The minimum absolute atomic E-state index is 0.0753. The zero-order chi connectivity index (χ0) is 14.4. The largest absolute Gasteiger partial charge is 0.473 e. The summed E-state index contributed by atoms with van der Waals surface area (Å²) >= 11 is 5.61. The standard InChI is InChI=1S/C13H12ClN3O3/c14-13-15-9-11(17(18)19)12(16-13)20-8-4-7-10-5-2-1-3-6-10/h1-3,5-6,9H,4,7-8H2. The van der Waals surface area contributed by atoms with Crippen LogP contribution in [-0.4, -0.2) is 21.5 Å². The van der Waals surface area contributed by atoms with Crippen molar-refractivity contribution < 1.29 is 9.66 Å². The van der Waals surface area contributed by atoms with E-state index in [1.807, 2.05) is 30.3 Å². The van der Waals surface area contributed by atoms with E-state index in [4.69, 9.17) is 16.3 Å². The van der Waals surface area contributed by atoms with Crippen LogP contribution in [0.5, 0.6) is 5.88 Å². The highest BCUT2D eigenvalue weighted by molar-refractivity contribution is 6.28. The molecule has 0 aliphatic carbocycles. The van der Waals surface area contributed by atoms with Gasteiger partial charge in [0.05, 0.1) is 11.5 Å². The number of hydrogen-bond donors (Lipinski definition) is 0. The number of ether oxygens (including phenoxy) is 1. The first-order chi connectivity index (χ1) is 9.66. The predicted octanol–water partition coefficient (Wildman–Crippen LogP) is 3.05. The Bertz CT molecular complexity index is 593. The molecular formula is C13H12ClN3O3. The van der Waals surface area contributed by atoms with Crippen molar-refractivity contribution in [3.8, 4) is 5.88 Å². The van der Waals surface area contributed by atoms with Crippen molar-refractivity contribution in [1.82, 2.24) is 9.97 Å². The summed E-state index contributed by atoms with van der Waals surface area (Å²) in [6.07, 6.45) is 2.60. The monoisotopic (exact) mass is 293 g/mol. The van der Waals surface area contributed by atoms with Crippen molar-refractivity contribution in [3.05, 3.63) is 57.5 Å². The molecule has 104 valence electrons. The Labute approximate surface area is 120 Å². The first kappa shape index (κ1) is 14.2. The summed E-state index contributed by atoms with van der Waals surface area (Å²) in [7, 11) is 0. The van der Waals surface area contributed by atoms with Gasteiger partial charge >= 0.3 is 5.69 Å². The van der Waals surface area contributed by atoms with Gasteiger partial charge in [-0.3, -0.25) is 10.1 Å². The Balaban J connectivity index is 1.91. The molecular weight excluding hydrogens is 282 g/mol. The predicted molar refractivity (Wildman–Crippen MR) is 74.0 cm³/mol. The van der Waals surface area contributed by atoms with Gasteiger partial charge < -0.3 is 4.74 Å². The number of aromatic nitrogens is 2. The maximum absolute atomic E-state index is 10.8. The number of hydrogen-bond acceptors (Lipinski definition) is 5. The third-order valence-electron chi connectivity index (χ3n) is 2.59. The Hall–Kier alpha value is -2.21. The molecule has 0 saturated carbocycles. The van der Waals surface area contributed by atoms with E-state index >= 15 is 0 Å². The van der Waals surface area contributed by atoms with E-state index in [1.165, 1.54) is 5.56 Å². The molecule has 6 nitrogen and oxygen atoms in total. The van der Waals surface area contributed by atoms with Crippen LogP contribution < -0.4 is 4.74 Å². The Morgan fingerprint density at radius 3 is 2.75 bits per heavy atom. The van der Waals surface area contributed by atoms with Gasteiger partial charge in [0.25, 0.3) is 5.88 Å². The molecule has 0 aliphatic rings. The van der Waals surface area contributed by atoms with Gasteiger partial charge in [0.1, 0.15) is 6.20 Å². The lowest BCUT2D eigenvalue weighted by Crippen LogP contribution is -2.04. The molecule has 2 rings (SSSR count). The second-order valence-corrected chi connectivity index (χ2v) is 4.36. The summed E-state index contributed by atoms with van der Waals surface area (Å²) in [4.78, 5) is 17.5. The van der Waals surface area contributed by atoms with Crippen LogP contribution in [0.3, 0.4) is 0 Å². The number of benzene rings is 1. The number of halogens is 1. The van der Waals surface area contributed by atoms with E-state index in [2.05, 4.69) is 9.97 Å². The number of nitro groups is 1. The molecule has 0 saturated heterocycles. The third-order valence-corrected chi connectivity index (χ3v) is 2.78. The SMILES string of the molecule is O=[N+]([O-])c1cnc(Cl)nc1OCCCc1ccccc1. The van der Waals surface area contributed by atoms with Crippen LogP contribution in [-0.2, 0) is 6.42 Å². The van der Waals surface area contributed by atoms with Gasteiger partial charge in [0.2, 0.25) is 5.28 Å². The van der Waals surface area contributed by atoms with E-state index in [0.29, 0.717) is 6.61 Å². The summed E-state index contributed by atoms with van der Waals surface area (Å²) in [6.45, 7) is 0.322. The van der Waals surface area contributed by atoms with Crippen molar-refractivity contribution >= 4 is 17.3 Å². The van der Waals surface area contributed by atoms with Crippen molar-refractivity contribution in [2.45, 2.75) is 12.8 Å². The third kappa shape index (κ3) is 3.89. The highest BCUT2D eigenvalue weighted by Crippen LogP contribution is 2.24. The van der Waals surface area contributed by atoms with Crippen LogP contribution in [0.4, 0.5) is 5.69 Å².